The first-order chi connectivity index (χ1) is 12.9. The molecule has 3 atom stereocenters. The summed E-state index contributed by atoms with van der Waals surface area (Å²) in [4.78, 5) is 13.3. The summed E-state index contributed by atoms with van der Waals surface area (Å²) in [6.45, 7) is 1.00. The standard InChI is InChI=1S/C17H19F3N4O2S/c18-17(19,20)14-7-12(13-4-2-6-27-13)23-15-11(9-22-24(14)15)16(25)21-8-10-3-1-5-26-10/h2,4,6,9-10,12,14,23H,1,3,5,7-8H2,(H,21,25)/t10-,12-,14-/m0/s1. The zero-order valence-corrected chi connectivity index (χ0v) is 15.1. The van der Waals surface area contributed by atoms with Gasteiger partial charge in [-0.3, -0.25) is 4.79 Å². The molecule has 1 amide bonds. The quantitative estimate of drug-likeness (QED) is 0.824. The Morgan fingerprint density at radius 1 is 1.48 bits per heavy atom. The van der Waals surface area contributed by atoms with Gasteiger partial charge in [-0.2, -0.15) is 18.3 Å². The second kappa shape index (κ2) is 7.16. The molecule has 10 heteroatoms. The molecule has 1 fully saturated rings. The summed E-state index contributed by atoms with van der Waals surface area (Å²) in [5, 5.41) is 11.5. The average molecular weight is 400 g/mol. The highest BCUT2D eigenvalue weighted by Gasteiger charge is 2.47. The Labute approximate surface area is 157 Å². The Hall–Kier alpha value is -2.07. The predicted octanol–water partition coefficient (Wildman–Crippen LogP) is 3.51. The minimum atomic E-state index is -4.45. The van der Waals surface area contributed by atoms with Crippen LogP contribution in [0.4, 0.5) is 19.0 Å². The summed E-state index contributed by atoms with van der Waals surface area (Å²) < 4.78 is 47.1. The number of hydrogen-bond donors (Lipinski definition) is 2. The number of aromatic nitrogens is 2. The van der Waals surface area contributed by atoms with Crippen LogP contribution < -0.4 is 10.6 Å². The van der Waals surface area contributed by atoms with E-state index in [-0.39, 0.29) is 23.9 Å². The van der Waals surface area contributed by atoms with Crippen LogP contribution in [0.5, 0.6) is 0 Å². The number of amides is 1. The van der Waals surface area contributed by atoms with Crippen molar-refractivity contribution in [2.24, 2.45) is 0 Å². The fraction of sp³-hybridized carbons (Fsp3) is 0.529. The van der Waals surface area contributed by atoms with Crippen LogP contribution in [0.25, 0.3) is 0 Å². The first-order valence-corrected chi connectivity index (χ1v) is 9.65. The lowest BCUT2D eigenvalue weighted by molar-refractivity contribution is -0.173. The number of nitrogens with one attached hydrogen (secondary N) is 2. The van der Waals surface area contributed by atoms with Gasteiger partial charge in [0.25, 0.3) is 5.91 Å². The van der Waals surface area contributed by atoms with E-state index in [4.69, 9.17) is 4.74 Å². The number of rotatable bonds is 4. The average Bonchev–Trinajstić information content (AvgIpc) is 3.39. The molecular formula is C17H19F3N4O2S. The van der Waals surface area contributed by atoms with Gasteiger partial charge in [0, 0.05) is 24.4 Å². The van der Waals surface area contributed by atoms with Gasteiger partial charge in [0.1, 0.15) is 11.4 Å². The second-order valence-corrected chi connectivity index (χ2v) is 7.68. The number of ether oxygens (including phenoxy) is 1. The lowest BCUT2D eigenvalue weighted by atomic mass is 10.0. The first-order valence-electron chi connectivity index (χ1n) is 8.77. The van der Waals surface area contributed by atoms with E-state index in [1.807, 2.05) is 5.38 Å². The van der Waals surface area contributed by atoms with Gasteiger partial charge in [0.15, 0.2) is 6.04 Å². The highest BCUT2D eigenvalue weighted by molar-refractivity contribution is 7.10. The van der Waals surface area contributed by atoms with Gasteiger partial charge in [-0.15, -0.1) is 11.3 Å². The van der Waals surface area contributed by atoms with Crippen LogP contribution in [-0.2, 0) is 4.74 Å². The lowest BCUT2D eigenvalue weighted by Crippen LogP contribution is -2.37. The van der Waals surface area contributed by atoms with Crippen molar-refractivity contribution in [3.05, 3.63) is 34.2 Å². The Kier molecular flexibility index (Phi) is 4.85. The van der Waals surface area contributed by atoms with E-state index >= 15 is 0 Å². The third kappa shape index (κ3) is 3.68. The molecule has 1 saturated heterocycles. The van der Waals surface area contributed by atoms with Gasteiger partial charge >= 0.3 is 6.18 Å². The van der Waals surface area contributed by atoms with Gasteiger partial charge in [0.05, 0.1) is 18.3 Å². The van der Waals surface area contributed by atoms with Crippen molar-refractivity contribution in [3.8, 4) is 0 Å². The summed E-state index contributed by atoms with van der Waals surface area (Å²) >= 11 is 1.38. The lowest BCUT2D eigenvalue weighted by Gasteiger charge is -2.33. The Morgan fingerprint density at radius 3 is 3.00 bits per heavy atom. The summed E-state index contributed by atoms with van der Waals surface area (Å²) in [6, 6.07) is 1.29. The third-order valence-corrected chi connectivity index (χ3v) is 5.87. The molecule has 0 radical (unpaired) electrons. The fourth-order valence-corrected chi connectivity index (χ4v) is 4.30. The van der Waals surface area contributed by atoms with Crippen molar-refractivity contribution < 1.29 is 22.7 Å². The van der Waals surface area contributed by atoms with Crippen LogP contribution in [0.3, 0.4) is 0 Å². The van der Waals surface area contributed by atoms with Crippen molar-refractivity contribution in [1.29, 1.82) is 0 Å². The van der Waals surface area contributed by atoms with Crippen molar-refractivity contribution >= 4 is 23.1 Å². The highest BCUT2D eigenvalue weighted by atomic mass is 32.1. The molecule has 4 heterocycles. The molecule has 0 unspecified atom stereocenters. The van der Waals surface area contributed by atoms with E-state index in [9.17, 15) is 18.0 Å². The van der Waals surface area contributed by atoms with Crippen molar-refractivity contribution in [1.82, 2.24) is 15.1 Å². The van der Waals surface area contributed by atoms with Crippen LogP contribution in [0.2, 0.25) is 0 Å². The molecule has 0 aromatic carbocycles. The summed E-state index contributed by atoms with van der Waals surface area (Å²) in [5.41, 5.74) is 0.114. The SMILES string of the molecule is O=C(NC[C@@H]1CCCO1)c1cnn2c1N[C@H](c1cccs1)C[C@H]2C(F)(F)F. The summed E-state index contributed by atoms with van der Waals surface area (Å²) in [6.07, 6.45) is -1.67. The first kappa shape index (κ1) is 18.3. The molecule has 0 aliphatic carbocycles. The minimum absolute atomic E-state index is 0.0462. The van der Waals surface area contributed by atoms with Gasteiger partial charge in [0.2, 0.25) is 0 Å². The zero-order valence-electron chi connectivity index (χ0n) is 14.3. The molecule has 4 rings (SSSR count). The normalized spacial score (nSPS) is 25.1. The zero-order chi connectivity index (χ0) is 19.0. The second-order valence-electron chi connectivity index (χ2n) is 6.70. The predicted molar refractivity (Wildman–Crippen MR) is 93.9 cm³/mol. The molecular weight excluding hydrogens is 381 g/mol. The van der Waals surface area contributed by atoms with Crippen molar-refractivity contribution in [2.45, 2.75) is 43.6 Å². The molecule has 6 nitrogen and oxygen atoms in total. The van der Waals surface area contributed by atoms with Crippen LogP contribution >= 0.6 is 11.3 Å². The van der Waals surface area contributed by atoms with Crippen LogP contribution in [0, 0.1) is 0 Å². The molecule has 27 heavy (non-hydrogen) atoms. The number of anilines is 1. The van der Waals surface area contributed by atoms with E-state index in [0.717, 1.165) is 22.4 Å². The Morgan fingerprint density at radius 2 is 2.33 bits per heavy atom. The number of hydrogen-bond acceptors (Lipinski definition) is 5. The Balaban J connectivity index is 1.59. The molecule has 0 saturated carbocycles. The number of alkyl halides is 3. The van der Waals surface area contributed by atoms with Crippen molar-refractivity contribution in [2.75, 3.05) is 18.5 Å². The number of halogens is 3. The number of carbonyl (C=O) groups excluding carboxylic acids is 1. The molecule has 2 aliphatic heterocycles. The maximum atomic E-state index is 13.6. The number of carbonyl (C=O) groups is 1. The smallest absolute Gasteiger partial charge is 0.376 e. The third-order valence-electron chi connectivity index (χ3n) is 4.88. The van der Waals surface area contributed by atoms with E-state index in [0.29, 0.717) is 13.2 Å². The molecule has 0 spiro atoms. The van der Waals surface area contributed by atoms with Gasteiger partial charge in [-0.05, 0) is 24.3 Å². The van der Waals surface area contributed by atoms with E-state index < -0.39 is 24.2 Å². The topological polar surface area (TPSA) is 68.2 Å². The largest absolute Gasteiger partial charge is 0.410 e. The van der Waals surface area contributed by atoms with Gasteiger partial charge < -0.3 is 15.4 Å². The summed E-state index contributed by atoms with van der Waals surface area (Å²) in [5.74, 6) is -0.348. The number of thiophene rings is 1. The van der Waals surface area contributed by atoms with Crippen LogP contribution in [-0.4, -0.2) is 41.1 Å². The van der Waals surface area contributed by atoms with Gasteiger partial charge in [-0.25, -0.2) is 4.68 Å². The van der Waals surface area contributed by atoms with Gasteiger partial charge in [-0.1, -0.05) is 6.07 Å². The van der Waals surface area contributed by atoms with E-state index in [2.05, 4.69) is 15.7 Å². The van der Waals surface area contributed by atoms with E-state index in [1.54, 1.807) is 12.1 Å². The van der Waals surface area contributed by atoms with E-state index in [1.165, 1.54) is 17.5 Å². The molecule has 0 bridgehead atoms. The number of nitrogens with zero attached hydrogens (tertiary/aromatic N) is 2. The minimum Gasteiger partial charge on any atom is -0.376 e. The van der Waals surface area contributed by atoms with Crippen LogP contribution in [0.15, 0.2) is 23.7 Å². The molecule has 2 aliphatic rings. The number of fused-ring (bicyclic) bond motifs is 1. The maximum Gasteiger partial charge on any atom is 0.410 e. The fourth-order valence-electron chi connectivity index (χ4n) is 3.51. The van der Waals surface area contributed by atoms with Crippen LogP contribution in [0.1, 0.15) is 46.6 Å². The van der Waals surface area contributed by atoms with Crippen molar-refractivity contribution in [3.63, 3.8) is 0 Å². The molecule has 146 valence electrons. The molecule has 2 aromatic rings. The monoisotopic (exact) mass is 400 g/mol. The maximum absolute atomic E-state index is 13.6. The summed E-state index contributed by atoms with van der Waals surface area (Å²) in [7, 11) is 0. The molecule has 2 N–H and O–H groups in total. The molecule has 2 aromatic heterocycles. The Bertz CT molecular complexity index is 800. The highest BCUT2D eigenvalue weighted by Crippen LogP contribution is 2.44.